The fourth-order valence-electron chi connectivity index (χ4n) is 3.66. The highest BCUT2D eigenvalue weighted by Crippen LogP contribution is 2.31. The molecule has 9 heteroatoms. The summed E-state index contributed by atoms with van der Waals surface area (Å²) in [5.41, 5.74) is 7.70. The lowest BCUT2D eigenvalue weighted by Crippen LogP contribution is -2.18. The Kier molecular flexibility index (Phi) is 8.21. The van der Waals surface area contributed by atoms with Crippen molar-refractivity contribution in [3.05, 3.63) is 104 Å². The van der Waals surface area contributed by atoms with Gasteiger partial charge in [-0.05, 0) is 99.5 Å². The molecule has 0 atom stereocenters. The van der Waals surface area contributed by atoms with Crippen molar-refractivity contribution >= 4 is 56.6 Å². The van der Waals surface area contributed by atoms with E-state index in [1.165, 1.54) is 6.21 Å². The van der Waals surface area contributed by atoms with Crippen molar-refractivity contribution in [2.45, 2.75) is 6.92 Å². The zero-order valence-electron chi connectivity index (χ0n) is 19.1. The molecule has 4 aromatic rings. The number of amides is 1. The standard InChI is InChI=1S/C27H21BrIN3O4/c1-17-7-12-24(18-5-3-2-4-6-18)32(17)22-10-8-19(9-11-22)27(35)31-30-15-20-13-21(29)14-23(28)26(20)36-16-25(33)34/h2-15H,16H2,1H3,(H,31,35)(H,33,34)/b30-15+. The molecule has 0 saturated carbocycles. The van der Waals surface area contributed by atoms with Gasteiger partial charge in [-0.25, -0.2) is 10.2 Å². The third kappa shape index (κ3) is 6.03. The van der Waals surface area contributed by atoms with Crippen molar-refractivity contribution in [1.29, 1.82) is 0 Å². The number of carboxylic acid groups (broad SMARTS) is 1. The van der Waals surface area contributed by atoms with Crippen LogP contribution in [0.25, 0.3) is 16.9 Å². The second-order valence-electron chi connectivity index (χ2n) is 7.80. The van der Waals surface area contributed by atoms with Crippen LogP contribution in [0.3, 0.4) is 0 Å². The first-order valence-electron chi connectivity index (χ1n) is 10.8. The molecular formula is C27H21BrIN3O4. The van der Waals surface area contributed by atoms with E-state index in [1.54, 1.807) is 24.3 Å². The second-order valence-corrected chi connectivity index (χ2v) is 9.90. The number of rotatable bonds is 8. The van der Waals surface area contributed by atoms with Crippen LogP contribution in [-0.4, -0.2) is 34.4 Å². The molecule has 4 rings (SSSR count). The molecule has 1 heterocycles. The van der Waals surface area contributed by atoms with Crippen LogP contribution in [0, 0.1) is 10.5 Å². The molecule has 2 N–H and O–H groups in total. The van der Waals surface area contributed by atoms with Gasteiger partial charge in [0.05, 0.1) is 16.4 Å². The van der Waals surface area contributed by atoms with Crippen LogP contribution < -0.4 is 10.2 Å². The molecule has 0 aliphatic rings. The summed E-state index contributed by atoms with van der Waals surface area (Å²) in [4.78, 5) is 23.6. The van der Waals surface area contributed by atoms with Gasteiger partial charge in [-0.1, -0.05) is 30.3 Å². The Hall–Kier alpha value is -3.44. The van der Waals surface area contributed by atoms with Gasteiger partial charge >= 0.3 is 5.97 Å². The van der Waals surface area contributed by atoms with Crippen LogP contribution in [0.2, 0.25) is 0 Å². The van der Waals surface area contributed by atoms with E-state index < -0.39 is 12.6 Å². The van der Waals surface area contributed by atoms with Gasteiger partial charge in [0.2, 0.25) is 0 Å². The van der Waals surface area contributed by atoms with Gasteiger partial charge in [-0.2, -0.15) is 5.10 Å². The average Bonchev–Trinajstić information content (AvgIpc) is 3.25. The number of benzene rings is 3. The maximum Gasteiger partial charge on any atom is 0.341 e. The Labute approximate surface area is 230 Å². The van der Waals surface area contributed by atoms with Gasteiger partial charge in [-0.15, -0.1) is 0 Å². The first kappa shape index (κ1) is 25.6. The van der Waals surface area contributed by atoms with Gasteiger partial charge in [0.15, 0.2) is 6.61 Å². The summed E-state index contributed by atoms with van der Waals surface area (Å²) in [5, 5.41) is 13.0. The van der Waals surface area contributed by atoms with Crippen molar-refractivity contribution in [3.8, 4) is 22.7 Å². The number of aromatic nitrogens is 1. The summed E-state index contributed by atoms with van der Waals surface area (Å²) < 4.78 is 8.99. The summed E-state index contributed by atoms with van der Waals surface area (Å²) >= 11 is 5.51. The number of carbonyl (C=O) groups excluding carboxylic acids is 1. The molecule has 182 valence electrons. The van der Waals surface area contributed by atoms with Crippen molar-refractivity contribution in [1.82, 2.24) is 9.99 Å². The normalized spacial score (nSPS) is 11.0. The van der Waals surface area contributed by atoms with E-state index >= 15 is 0 Å². The van der Waals surface area contributed by atoms with Crippen LogP contribution in [-0.2, 0) is 4.79 Å². The minimum atomic E-state index is -1.09. The highest BCUT2D eigenvalue weighted by atomic mass is 127. The Bertz CT molecular complexity index is 1430. The van der Waals surface area contributed by atoms with E-state index in [2.05, 4.69) is 77.9 Å². The number of carbonyl (C=O) groups is 2. The number of nitrogens with zero attached hydrogens (tertiary/aromatic N) is 2. The molecule has 0 saturated heterocycles. The zero-order valence-corrected chi connectivity index (χ0v) is 22.9. The van der Waals surface area contributed by atoms with E-state index in [1.807, 2.05) is 37.3 Å². The van der Waals surface area contributed by atoms with Gasteiger partial charge in [0.25, 0.3) is 5.91 Å². The summed E-state index contributed by atoms with van der Waals surface area (Å²) in [5.74, 6) is -1.13. The smallest absolute Gasteiger partial charge is 0.341 e. The molecule has 0 aliphatic heterocycles. The van der Waals surface area contributed by atoms with E-state index in [0.29, 0.717) is 21.3 Å². The number of aryl methyl sites for hydroxylation is 1. The molecule has 7 nitrogen and oxygen atoms in total. The van der Waals surface area contributed by atoms with Crippen molar-refractivity contribution < 1.29 is 19.4 Å². The molecule has 0 spiro atoms. The predicted octanol–water partition coefficient (Wildman–Crippen LogP) is 6.05. The van der Waals surface area contributed by atoms with Crippen LogP contribution in [0.4, 0.5) is 0 Å². The summed E-state index contributed by atoms with van der Waals surface area (Å²) in [7, 11) is 0. The topological polar surface area (TPSA) is 92.9 Å². The molecule has 0 fully saturated rings. The molecule has 0 aliphatic carbocycles. The lowest BCUT2D eigenvalue weighted by molar-refractivity contribution is -0.139. The number of carboxylic acids is 1. The second kappa shape index (κ2) is 11.5. The Balaban J connectivity index is 1.50. The molecule has 1 amide bonds. The minimum Gasteiger partial charge on any atom is -0.480 e. The van der Waals surface area contributed by atoms with Crippen LogP contribution in [0.1, 0.15) is 21.6 Å². The first-order chi connectivity index (χ1) is 17.3. The number of hydrogen-bond donors (Lipinski definition) is 2. The SMILES string of the molecule is Cc1ccc(-c2ccccc2)n1-c1ccc(C(=O)N/N=C/c2cc(I)cc(Br)c2OCC(=O)O)cc1. The van der Waals surface area contributed by atoms with E-state index in [0.717, 1.165) is 26.2 Å². The van der Waals surface area contributed by atoms with E-state index in [9.17, 15) is 9.59 Å². The minimum absolute atomic E-state index is 0.330. The highest BCUT2D eigenvalue weighted by Gasteiger charge is 2.13. The Morgan fingerprint density at radius 3 is 2.50 bits per heavy atom. The molecular weight excluding hydrogens is 637 g/mol. The number of hydrazone groups is 1. The monoisotopic (exact) mass is 657 g/mol. The summed E-state index contributed by atoms with van der Waals surface area (Å²) in [6.07, 6.45) is 1.42. The van der Waals surface area contributed by atoms with Gasteiger partial charge < -0.3 is 14.4 Å². The summed E-state index contributed by atoms with van der Waals surface area (Å²) in [6.45, 7) is 1.55. The third-order valence-electron chi connectivity index (χ3n) is 5.28. The maximum atomic E-state index is 12.7. The fourth-order valence-corrected chi connectivity index (χ4v) is 5.33. The lowest BCUT2D eigenvalue weighted by atomic mass is 10.1. The third-order valence-corrected chi connectivity index (χ3v) is 6.49. The van der Waals surface area contributed by atoms with E-state index in [-0.39, 0.29) is 5.91 Å². The zero-order chi connectivity index (χ0) is 25.7. The number of halogens is 2. The molecule has 0 unspecified atom stereocenters. The fraction of sp³-hybridized carbons (Fsp3) is 0.0741. The van der Waals surface area contributed by atoms with Crippen molar-refractivity contribution in [2.24, 2.45) is 5.10 Å². The molecule has 0 bridgehead atoms. The molecule has 0 radical (unpaired) electrons. The maximum absolute atomic E-state index is 12.7. The van der Waals surface area contributed by atoms with Crippen LogP contribution in [0.5, 0.6) is 5.75 Å². The van der Waals surface area contributed by atoms with Gasteiger partial charge in [0.1, 0.15) is 5.75 Å². The largest absolute Gasteiger partial charge is 0.480 e. The van der Waals surface area contributed by atoms with Crippen LogP contribution >= 0.6 is 38.5 Å². The van der Waals surface area contributed by atoms with Crippen LogP contribution in [0.15, 0.2) is 88.4 Å². The lowest BCUT2D eigenvalue weighted by Gasteiger charge is -2.13. The first-order valence-corrected chi connectivity index (χ1v) is 12.7. The molecule has 3 aromatic carbocycles. The average molecular weight is 658 g/mol. The molecule has 1 aromatic heterocycles. The van der Waals surface area contributed by atoms with E-state index in [4.69, 9.17) is 9.84 Å². The Morgan fingerprint density at radius 1 is 1.08 bits per heavy atom. The quantitative estimate of drug-likeness (QED) is 0.137. The predicted molar refractivity (Wildman–Crippen MR) is 151 cm³/mol. The van der Waals surface area contributed by atoms with Crippen molar-refractivity contribution in [2.75, 3.05) is 6.61 Å². The summed E-state index contributed by atoms with van der Waals surface area (Å²) in [6, 6.07) is 25.1. The number of aliphatic carboxylic acids is 1. The number of hydrogen-bond acceptors (Lipinski definition) is 4. The molecule has 36 heavy (non-hydrogen) atoms. The van der Waals surface area contributed by atoms with Crippen molar-refractivity contribution in [3.63, 3.8) is 0 Å². The Morgan fingerprint density at radius 2 is 1.81 bits per heavy atom. The van der Waals surface area contributed by atoms with Gasteiger partial charge in [0, 0.05) is 26.1 Å². The number of nitrogens with one attached hydrogen (secondary N) is 1. The van der Waals surface area contributed by atoms with Gasteiger partial charge in [-0.3, -0.25) is 4.79 Å². The number of ether oxygens (including phenoxy) is 1. The highest BCUT2D eigenvalue weighted by molar-refractivity contribution is 14.1.